The van der Waals surface area contributed by atoms with Crippen molar-refractivity contribution >= 4 is 29.6 Å². The second-order valence-electron chi connectivity index (χ2n) is 9.38. The average Bonchev–Trinajstić information content (AvgIpc) is 2.84. The highest BCUT2D eigenvalue weighted by molar-refractivity contribution is 6.30. The van der Waals surface area contributed by atoms with Crippen molar-refractivity contribution in [3.63, 3.8) is 0 Å². The molecule has 0 bridgehead atoms. The number of carbonyl (C=O) groups excluding carboxylic acids is 3. The standard InChI is InChI=1S/C27H36ClN3O6/c1-18(2)24(36-26(34)31(5)17-15-29)35-25(33)27(3,4)37-22-12-6-19(7-13-22)14-16-30-23(32)20-8-10-21(28)11-9-20/h6-13,18,24H,14-17,29H2,1-5H3,(H,30,32). The van der Waals surface area contributed by atoms with E-state index in [1.165, 1.54) is 4.90 Å². The maximum absolute atomic E-state index is 12.8. The third kappa shape index (κ3) is 9.59. The van der Waals surface area contributed by atoms with Crippen LogP contribution in [0.1, 0.15) is 43.6 Å². The van der Waals surface area contributed by atoms with E-state index < -0.39 is 24.0 Å². The molecule has 0 aromatic heterocycles. The van der Waals surface area contributed by atoms with E-state index in [1.54, 1.807) is 71.1 Å². The molecular weight excluding hydrogens is 498 g/mol. The number of esters is 1. The van der Waals surface area contributed by atoms with Crippen LogP contribution < -0.4 is 15.8 Å². The molecule has 2 aromatic carbocycles. The molecule has 1 unspecified atom stereocenters. The van der Waals surface area contributed by atoms with Crippen LogP contribution in [0.25, 0.3) is 0 Å². The van der Waals surface area contributed by atoms with E-state index in [0.717, 1.165) is 5.56 Å². The van der Waals surface area contributed by atoms with E-state index in [1.807, 2.05) is 12.1 Å². The Morgan fingerprint density at radius 1 is 1.03 bits per heavy atom. The Hall–Kier alpha value is -3.30. The number of ether oxygens (including phenoxy) is 3. The first kappa shape index (κ1) is 29.9. The molecule has 0 spiro atoms. The molecule has 1 atom stereocenters. The number of nitrogens with one attached hydrogen (secondary N) is 1. The van der Waals surface area contributed by atoms with E-state index in [4.69, 9.17) is 31.5 Å². The zero-order chi connectivity index (χ0) is 27.6. The molecule has 0 aliphatic carbocycles. The predicted molar refractivity (Wildman–Crippen MR) is 142 cm³/mol. The van der Waals surface area contributed by atoms with Crippen LogP contribution in [0.15, 0.2) is 48.5 Å². The number of benzene rings is 2. The van der Waals surface area contributed by atoms with Gasteiger partial charge in [-0.1, -0.05) is 37.6 Å². The van der Waals surface area contributed by atoms with Crippen molar-refractivity contribution in [2.24, 2.45) is 11.7 Å². The summed E-state index contributed by atoms with van der Waals surface area (Å²) in [5.41, 5.74) is 5.66. The van der Waals surface area contributed by atoms with Crippen molar-refractivity contribution in [1.29, 1.82) is 0 Å². The van der Waals surface area contributed by atoms with Gasteiger partial charge in [0.15, 0.2) is 5.60 Å². The summed E-state index contributed by atoms with van der Waals surface area (Å²) < 4.78 is 16.7. The van der Waals surface area contributed by atoms with Gasteiger partial charge < -0.3 is 30.2 Å². The number of likely N-dealkylation sites (N-methyl/N-ethyl adjacent to an activating group) is 1. The number of rotatable bonds is 12. The summed E-state index contributed by atoms with van der Waals surface area (Å²) in [5, 5.41) is 3.44. The van der Waals surface area contributed by atoms with E-state index in [-0.39, 0.29) is 18.4 Å². The van der Waals surface area contributed by atoms with E-state index in [0.29, 0.717) is 35.8 Å². The minimum atomic E-state index is -1.34. The largest absolute Gasteiger partial charge is 0.476 e. The van der Waals surface area contributed by atoms with Crippen LogP contribution in [-0.4, -0.2) is 61.4 Å². The SMILES string of the molecule is CC(C)C(OC(=O)N(C)CCN)OC(=O)C(C)(C)Oc1ccc(CCNC(=O)c2ccc(Cl)cc2)cc1. The van der Waals surface area contributed by atoms with Gasteiger partial charge in [-0.15, -0.1) is 0 Å². The lowest BCUT2D eigenvalue weighted by atomic mass is 10.1. The van der Waals surface area contributed by atoms with Gasteiger partial charge in [-0.05, 0) is 62.2 Å². The summed E-state index contributed by atoms with van der Waals surface area (Å²) in [6.45, 7) is 7.77. The third-order valence-electron chi connectivity index (χ3n) is 5.35. The summed E-state index contributed by atoms with van der Waals surface area (Å²) in [4.78, 5) is 38.6. The van der Waals surface area contributed by atoms with Crippen LogP contribution in [0.5, 0.6) is 5.75 Å². The van der Waals surface area contributed by atoms with E-state index in [2.05, 4.69) is 5.32 Å². The Kier molecular flexibility index (Phi) is 11.2. The quantitative estimate of drug-likeness (QED) is 0.312. The number of halogens is 1. The molecule has 3 N–H and O–H groups in total. The van der Waals surface area contributed by atoms with Gasteiger partial charge in [0, 0.05) is 43.2 Å². The molecule has 37 heavy (non-hydrogen) atoms. The maximum Gasteiger partial charge on any atom is 0.412 e. The van der Waals surface area contributed by atoms with Crippen molar-refractivity contribution in [2.45, 2.75) is 46.0 Å². The fourth-order valence-electron chi connectivity index (χ4n) is 3.10. The van der Waals surface area contributed by atoms with Crippen LogP contribution >= 0.6 is 11.6 Å². The smallest absolute Gasteiger partial charge is 0.412 e. The van der Waals surface area contributed by atoms with Crippen molar-refractivity contribution in [1.82, 2.24) is 10.2 Å². The molecule has 2 rings (SSSR count). The van der Waals surface area contributed by atoms with Crippen molar-refractivity contribution in [3.8, 4) is 5.75 Å². The summed E-state index contributed by atoms with van der Waals surface area (Å²) in [6, 6.07) is 13.9. The van der Waals surface area contributed by atoms with Gasteiger partial charge in [0.1, 0.15) is 5.75 Å². The third-order valence-corrected chi connectivity index (χ3v) is 5.61. The number of hydrogen-bond donors (Lipinski definition) is 2. The van der Waals surface area contributed by atoms with Crippen LogP contribution in [-0.2, 0) is 20.7 Å². The van der Waals surface area contributed by atoms with Crippen LogP contribution in [0.2, 0.25) is 5.02 Å². The van der Waals surface area contributed by atoms with Gasteiger partial charge in [0.2, 0.25) is 0 Å². The van der Waals surface area contributed by atoms with Gasteiger partial charge in [-0.2, -0.15) is 0 Å². The molecule has 0 saturated heterocycles. The lowest BCUT2D eigenvalue weighted by Crippen LogP contribution is -2.44. The second-order valence-corrected chi connectivity index (χ2v) is 9.82. The topological polar surface area (TPSA) is 120 Å². The fourth-order valence-corrected chi connectivity index (χ4v) is 3.23. The van der Waals surface area contributed by atoms with Gasteiger partial charge in [0.05, 0.1) is 0 Å². The number of hydrogen-bond acceptors (Lipinski definition) is 7. The highest BCUT2D eigenvalue weighted by Crippen LogP contribution is 2.22. The zero-order valence-corrected chi connectivity index (χ0v) is 22.7. The molecule has 2 aromatic rings. The molecule has 10 heteroatoms. The Balaban J connectivity index is 1.89. The van der Waals surface area contributed by atoms with Crippen molar-refractivity contribution in [2.75, 3.05) is 26.7 Å². The van der Waals surface area contributed by atoms with Crippen LogP contribution in [0.4, 0.5) is 4.79 Å². The summed E-state index contributed by atoms with van der Waals surface area (Å²) in [7, 11) is 1.55. The lowest BCUT2D eigenvalue weighted by Gasteiger charge is -2.29. The summed E-state index contributed by atoms with van der Waals surface area (Å²) in [6.07, 6.45) is -1.09. The van der Waals surface area contributed by atoms with Crippen molar-refractivity contribution < 1.29 is 28.6 Å². The second kappa shape index (κ2) is 13.9. The minimum absolute atomic E-state index is 0.173. The molecule has 0 fully saturated rings. The van der Waals surface area contributed by atoms with Crippen LogP contribution in [0.3, 0.4) is 0 Å². The van der Waals surface area contributed by atoms with Gasteiger partial charge >= 0.3 is 12.1 Å². The highest BCUT2D eigenvalue weighted by Gasteiger charge is 2.36. The zero-order valence-electron chi connectivity index (χ0n) is 22.0. The first-order valence-corrected chi connectivity index (χ1v) is 12.5. The molecule has 9 nitrogen and oxygen atoms in total. The van der Waals surface area contributed by atoms with Crippen molar-refractivity contribution in [3.05, 3.63) is 64.7 Å². The van der Waals surface area contributed by atoms with E-state index in [9.17, 15) is 14.4 Å². The Morgan fingerprint density at radius 2 is 1.65 bits per heavy atom. The molecule has 202 valence electrons. The Labute approximate surface area is 223 Å². The lowest BCUT2D eigenvalue weighted by molar-refractivity contribution is -0.190. The van der Waals surface area contributed by atoms with E-state index >= 15 is 0 Å². The molecule has 0 radical (unpaired) electrons. The molecule has 0 aliphatic rings. The molecule has 2 amide bonds. The number of nitrogens with zero attached hydrogens (tertiary/aromatic N) is 1. The Bertz CT molecular complexity index is 1040. The maximum atomic E-state index is 12.8. The average molecular weight is 534 g/mol. The van der Waals surface area contributed by atoms with Crippen LogP contribution in [0, 0.1) is 5.92 Å². The minimum Gasteiger partial charge on any atom is -0.476 e. The molecule has 0 aliphatic heterocycles. The predicted octanol–water partition coefficient (Wildman–Crippen LogP) is 4.02. The Morgan fingerprint density at radius 3 is 2.22 bits per heavy atom. The highest BCUT2D eigenvalue weighted by atomic mass is 35.5. The summed E-state index contributed by atoms with van der Waals surface area (Å²) in [5.74, 6) is -0.645. The number of carbonyl (C=O) groups is 3. The van der Waals surface area contributed by atoms with Gasteiger partial charge in [-0.25, -0.2) is 9.59 Å². The fraction of sp³-hybridized carbons (Fsp3) is 0.444. The monoisotopic (exact) mass is 533 g/mol. The summed E-state index contributed by atoms with van der Waals surface area (Å²) >= 11 is 5.85. The number of nitrogens with two attached hydrogens (primary N) is 1. The molecule has 0 heterocycles. The normalized spacial score (nSPS) is 12.0. The molecular formula is C27H36ClN3O6. The number of amides is 2. The molecule has 0 saturated carbocycles. The first-order chi connectivity index (χ1) is 17.4. The van der Waals surface area contributed by atoms with Gasteiger partial charge in [0.25, 0.3) is 12.2 Å². The van der Waals surface area contributed by atoms with Gasteiger partial charge in [-0.3, -0.25) is 4.79 Å². The first-order valence-electron chi connectivity index (χ1n) is 12.1.